The van der Waals surface area contributed by atoms with Crippen LogP contribution in [0.4, 0.5) is 4.79 Å². The van der Waals surface area contributed by atoms with Gasteiger partial charge in [-0.1, -0.05) is 47.1 Å². The summed E-state index contributed by atoms with van der Waals surface area (Å²) in [6, 6.07) is -3.40. The Hall–Kier alpha value is -3.09. The maximum absolute atomic E-state index is 13.8. The number of likely N-dealkylation sites (tertiary alicyclic amines) is 1. The normalized spacial score (nSPS) is 19.4. The number of primary amides is 1. The summed E-state index contributed by atoms with van der Waals surface area (Å²) in [7, 11) is 1.62. The van der Waals surface area contributed by atoms with Crippen LogP contribution in [0.25, 0.3) is 0 Å². The largest absolute Gasteiger partial charge is 0.363 e. The van der Waals surface area contributed by atoms with Gasteiger partial charge in [-0.25, -0.2) is 4.79 Å². The molecule has 1 saturated carbocycles. The van der Waals surface area contributed by atoms with Crippen molar-refractivity contribution in [1.82, 2.24) is 25.8 Å². The fraction of sp³-hybridized carbons (Fsp3) is 0.714. The lowest BCUT2D eigenvalue weighted by Crippen LogP contribution is -2.61. The van der Waals surface area contributed by atoms with Crippen LogP contribution in [-0.4, -0.2) is 94.1 Å². The van der Waals surface area contributed by atoms with E-state index in [1.807, 2.05) is 13.8 Å². The quantitative estimate of drug-likeness (QED) is 0.141. The molecule has 0 radical (unpaired) electrons. The minimum Gasteiger partial charge on any atom is -0.363 e. The summed E-state index contributed by atoms with van der Waals surface area (Å²) in [6.07, 6.45) is 5.28. The molecule has 0 aromatic carbocycles. The van der Waals surface area contributed by atoms with Gasteiger partial charge in [0.05, 0.1) is 0 Å². The second kappa shape index (κ2) is 14.7. The molecule has 2 fully saturated rings. The number of hydrogen-bond acceptors (Lipinski definition) is 7. The van der Waals surface area contributed by atoms with Crippen molar-refractivity contribution in [3.63, 3.8) is 0 Å². The van der Waals surface area contributed by atoms with E-state index in [9.17, 15) is 28.8 Å². The zero-order valence-corrected chi connectivity index (χ0v) is 25.8. The van der Waals surface area contributed by atoms with Crippen molar-refractivity contribution < 1.29 is 28.8 Å². The van der Waals surface area contributed by atoms with Gasteiger partial charge in [0.25, 0.3) is 11.7 Å². The van der Waals surface area contributed by atoms with E-state index < -0.39 is 58.5 Å². The number of Topliss-reactive ketones (excluding diaryl/α,β-unsaturated/α-hetero) is 1. The molecule has 1 saturated heterocycles. The lowest BCUT2D eigenvalue weighted by Gasteiger charge is -2.36. The van der Waals surface area contributed by atoms with Gasteiger partial charge in [-0.2, -0.15) is 0 Å². The molecule has 2 aliphatic rings. The van der Waals surface area contributed by atoms with Crippen LogP contribution < -0.4 is 21.7 Å². The molecule has 5 N–H and O–H groups in total. The van der Waals surface area contributed by atoms with E-state index in [0.717, 1.165) is 19.3 Å². The van der Waals surface area contributed by atoms with E-state index >= 15 is 0 Å². The number of nitrogens with one attached hydrogen (secondary N) is 3. The summed E-state index contributed by atoms with van der Waals surface area (Å²) in [4.78, 5) is 80.0. The van der Waals surface area contributed by atoms with E-state index in [1.54, 1.807) is 33.9 Å². The third-order valence-electron chi connectivity index (χ3n) is 7.36. The summed E-state index contributed by atoms with van der Waals surface area (Å²) in [5, 5.41) is 7.12. The van der Waals surface area contributed by atoms with Gasteiger partial charge in [-0.3, -0.25) is 24.0 Å². The van der Waals surface area contributed by atoms with Crippen LogP contribution in [0.5, 0.6) is 0 Å². The molecular weight excluding hydrogens is 548 g/mol. The van der Waals surface area contributed by atoms with Crippen LogP contribution in [-0.2, 0) is 24.0 Å². The molecular formula is C28H46N6O6S. The molecule has 41 heavy (non-hydrogen) atoms. The van der Waals surface area contributed by atoms with Crippen molar-refractivity contribution in [2.45, 2.75) is 95.5 Å². The van der Waals surface area contributed by atoms with Crippen LogP contribution in [0.15, 0.2) is 12.7 Å². The number of hydrogen-bond donors (Lipinski definition) is 4. The number of rotatable bonds is 13. The van der Waals surface area contributed by atoms with Crippen molar-refractivity contribution >= 4 is 47.2 Å². The Labute approximate surface area is 246 Å². The van der Waals surface area contributed by atoms with Crippen LogP contribution in [0.2, 0.25) is 0 Å². The average Bonchev–Trinajstić information content (AvgIpc) is 3.35. The van der Waals surface area contributed by atoms with Gasteiger partial charge in [-0.15, -0.1) is 18.3 Å². The smallest absolute Gasteiger partial charge is 0.316 e. The Morgan fingerprint density at radius 2 is 1.68 bits per heavy atom. The number of likely N-dealkylation sites (N-methyl/N-ethyl adjacent to an activating group) is 1. The highest BCUT2D eigenvalue weighted by molar-refractivity contribution is 8.01. The maximum atomic E-state index is 13.8. The number of carbonyl (C=O) groups excluding carboxylic acids is 6. The summed E-state index contributed by atoms with van der Waals surface area (Å²) in [6.45, 7) is 13.2. The van der Waals surface area contributed by atoms with E-state index in [0.29, 0.717) is 19.4 Å². The Morgan fingerprint density at radius 3 is 2.17 bits per heavy atom. The molecule has 4 atom stereocenters. The van der Waals surface area contributed by atoms with Crippen molar-refractivity contribution in [2.24, 2.45) is 17.1 Å². The van der Waals surface area contributed by atoms with Crippen molar-refractivity contribution in [1.29, 1.82) is 0 Å². The van der Waals surface area contributed by atoms with E-state index in [-0.39, 0.29) is 23.6 Å². The predicted molar refractivity (Wildman–Crippen MR) is 157 cm³/mol. The van der Waals surface area contributed by atoms with Gasteiger partial charge in [0.2, 0.25) is 17.7 Å². The standard InChI is InChI=1S/C28H46N6O6S/c1-8-14-33(7)25(38)19(16(2)3)30-27(40)31-21(28(4,5)6)26(39)34-15-10-13-18(34)23(37)32-24(20(35)22(29)36)41-17-11-9-12-17/h8,16-19,21,24H,1,9-15H2,2-7H3,(H2,29,36)(H,32,37)(H2,30,31,40)/t18-,19?,21?,24?/m0/s1. The third kappa shape index (κ3) is 9.20. The average molecular weight is 595 g/mol. The molecule has 1 heterocycles. The number of amides is 6. The SMILES string of the molecule is C=CCN(C)C(=O)C(NC(=O)NC(C(=O)N1CCC[C@H]1C(=O)NC(SC1CCC1)C(=O)C(N)=O)C(C)(C)C)C(C)C. The molecule has 12 nitrogen and oxygen atoms in total. The first kappa shape index (κ1) is 34.1. The van der Waals surface area contributed by atoms with Crippen LogP contribution in [0.3, 0.4) is 0 Å². The number of nitrogens with two attached hydrogens (primary N) is 1. The van der Waals surface area contributed by atoms with E-state index in [2.05, 4.69) is 22.5 Å². The van der Waals surface area contributed by atoms with E-state index in [1.165, 1.54) is 21.6 Å². The fourth-order valence-corrected chi connectivity index (χ4v) is 6.10. The molecule has 0 spiro atoms. The van der Waals surface area contributed by atoms with Crippen molar-refractivity contribution in [3.8, 4) is 0 Å². The molecule has 1 aliphatic heterocycles. The second-order valence-electron chi connectivity index (χ2n) is 12.1. The van der Waals surface area contributed by atoms with Gasteiger partial charge in [0, 0.05) is 25.4 Å². The number of nitrogens with zero attached hydrogens (tertiary/aromatic N) is 2. The first-order chi connectivity index (χ1) is 19.1. The van der Waals surface area contributed by atoms with Gasteiger partial charge in [0.15, 0.2) is 0 Å². The fourth-order valence-electron chi connectivity index (χ4n) is 4.68. The summed E-state index contributed by atoms with van der Waals surface area (Å²) in [5.74, 6) is -3.51. The molecule has 2 rings (SSSR count). The molecule has 0 bridgehead atoms. The lowest BCUT2D eigenvalue weighted by molar-refractivity contribution is -0.142. The highest BCUT2D eigenvalue weighted by atomic mass is 32.2. The maximum Gasteiger partial charge on any atom is 0.316 e. The van der Waals surface area contributed by atoms with Gasteiger partial charge in [0.1, 0.15) is 23.5 Å². The molecule has 6 amide bonds. The molecule has 0 aromatic rings. The lowest BCUT2D eigenvalue weighted by atomic mass is 9.85. The summed E-state index contributed by atoms with van der Waals surface area (Å²) < 4.78 is 0. The Morgan fingerprint density at radius 1 is 1.05 bits per heavy atom. The monoisotopic (exact) mass is 594 g/mol. The number of thioether (sulfide) groups is 1. The highest BCUT2D eigenvalue weighted by Gasteiger charge is 2.43. The van der Waals surface area contributed by atoms with Crippen LogP contribution >= 0.6 is 11.8 Å². The second-order valence-corrected chi connectivity index (χ2v) is 13.6. The molecule has 3 unspecified atom stereocenters. The first-order valence-electron chi connectivity index (χ1n) is 14.1. The zero-order valence-electron chi connectivity index (χ0n) is 25.0. The predicted octanol–water partition coefficient (Wildman–Crippen LogP) is 1.14. The number of urea groups is 1. The molecule has 0 aromatic heterocycles. The highest BCUT2D eigenvalue weighted by Crippen LogP contribution is 2.34. The molecule has 13 heteroatoms. The van der Waals surface area contributed by atoms with Crippen LogP contribution in [0.1, 0.15) is 66.7 Å². The summed E-state index contributed by atoms with van der Waals surface area (Å²) >= 11 is 1.21. The molecule has 1 aliphatic carbocycles. The number of carbonyl (C=O) groups is 6. The minimum atomic E-state index is -1.13. The summed E-state index contributed by atoms with van der Waals surface area (Å²) in [5.41, 5.74) is 4.49. The van der Waals surface area contributed by atoms with Crippen molar-refractivity contribution in [3.05, 3.63) is 12.7 Å². The Bertz CT molecular complexity index is 1020. The number of ketones is 1. The Balaban J connectivity index is 2.18. The minimum absolute atomic E-state index is 0.149. The molecule has 230 valence electrons. The van der Waals surface area contributed by atoms with Crippen molar-refractivity contribution in [2.75, 3.05) is 20.1 Å². The van der Waals surface area contributed by atoms with Gasteiger partial charge in [-0.05, 0) is 37.0 Å². The Kier molecular flexibility index (Phi) is 12.2. The van der Waals surface area contributed by atoms with Crippen LogP contribution in [0, 0.1) is 11.3 Å². The third-order valence-corrected chi connectivity index (χ3v) is 8.82. The first-order valence-corrected chi connectivity index (χ1v) is 15.1. The topological polar surface area (TPSA) is 171 Å². The van der Waals surface area contributed by atoms with E-state index in [4.69, 9.17) is 5.73 Å². The van der Waals surface area contributed by atoms with Gasteiger partial charge < -0.3 is 31.5 Å². The zero-order chi connectivity index (χ0) is 31.1. The van der Waals surface area contributed by atoms with Gasteiger partial charge >= 0.3 is 6.03 Å².